The van der Waals surface area contributed by atoms with E-state index in [1.807, 2.05) is 36.4 Å². The first kappa shape index (κ1) is 24.1. The van der Waals surface area contributed by atoms with E-state index < -0.39 is 12.3 Å². The van der Waals surface area contributed by atoms with E-state index in [2.05, 4.69) is 20.7 Å². The van der Waals surface area contributed by atoms with Gasteiger partial charge in [-0.15, -0.1) is 0 Å². The normalized spacial score (nSPS) is 18.9. The Balaban J connectivity index is 1.32. The molecule has 1 aromatic heterocycles. The molecule has 3 heterocycles. The van der Waals surface area contributed by atoms with Gasteiger partial charge >= 0.3 is 12.1 Å². The molecule has 2 aromatic carbocycles. The van der Waals surface area contributed by atoms with E-state index in [0.717, 1.165) is 35.6 Å². The highest BCUT2D eigenvalue weighted by Gasteiger charge is 2.38. The third kappa shape index (κ3) is 5.62. The molecule has 10 nitrogen and oxygen atoms in total. The van der Waals surface area contributed by atoms with Gasteiger partial charge in [0.2, 0.25) is 0 Å². The van der Waals surface area contributed by atoms with Crippen LogP contribution in [-0.2, 0) is 11.3 Å². The summed E-state index contributed by atoms with van der Waals surface area (Å²) in [6.07, 6.45) is 0.780. The molecule has 2 aliphatic heterocycles. The van der Waals surface area contributed by atoms with Crippen LogP contribution in [0.2, 0.25) is 5.02 Å². The zero-order chi connectivity index (χ0) is 24.9. The predicted octanol–water partition coefficient (Wildman–Crippen LogP) is 3.67. The van der Waals surface area contributed by atoms with Gasteiger partial charge in [-0.05, 0) is 29.8 Å². The number of nitrogens with one attached hydrogen (secondary N) is 2. The van der Waals surface area contributed by atoms with Crippen molar-refractivity contribution < 1.29 is 18.8 Å². The number of amides is 4. The van der Waals surface area contributed by atoms with Crippen LogP contribution in [-0.4, -0.2) is 77.6 Å². The molecule has 2 fully saturated rings. The Morgan fingerprint density at radius 1 is 1.00 bits per heavy atom. The molecule has 0 radical (unpaired) electrons. The number of hydrogen-bond donors (Lipinski definition) is 2. The molecule has 1 atom stereocenters. The number of carbonyl (C=O) groups excluding carboxylic acids is 2. The van der Waals surface area contributed by atoms with E-state index in [-0.39, 0.29) is 6.03 Å². The average molecular weight is 511 g/mol. The molecule has 0 aliphatic carbocycles. The van der Waals surface area contributed by atoms with Crippen LogP contribution in [0.4, 0.5) is 15.3 Å². The topological polar surface area (TPSA) is 103 Å². The molecule has 3 aromatic rings. The molecule has 0 bridgehead atoms. The Labute approximate surface area is 213 Å². The van der Waals surface area contributed by atoms with Crippen molar-refractivity contribution in [3.63, 3.8) is 0 Å². The summed E-state index contributed by atoms with van der Waals surface area (Å²) in [7, 11) is 0. The summed E-state index contributed by atoms with van der Waals surface area (Å²) in [5, 5.41) is 10.8. The van der Waals surface area contributed by atoms with Crippen LogP contribution in [0.3, 0.4) is 0 Å². The number of hydrogen-bond acceptors (Lipinski definition) is 7. The summed E-state index contributed by atoms with van der Waals surface area (Å²) in [5.74, 6) is 0. The number of aromatic nitrogens is 1. The fourth-order valence-electron chi connectivity index (χ4n) is 4.20. The van der Waals surface area contributed by atoms with Crippen molar-refractivity contribution in [3.05, 3.63) is 71.4 Å². The largest absolute Gasteiger partial charge is 0.379 e. The van der Waals surface area contributed by atoms with E-state index in [1.54, 1.807) is 23.1 Å². The lowest BCUT2D eigenvalue weighted by Gasteiger charge is -2.42. The molecule has 2 saturated heterocycles. The van der Waals surface area contributed by atoms with Gasteiger partial charge in [0.15, 0.2) is 6.29 Å². The molecule has 36 heavy (non-hydrogen) atoms. The smallest absolute Gasteiger partial charge is 0.331 e. The van der Waals surface area contributed by atoms with Crippen molar-refractivity contribution in [2.24, 2.45) is 0 Å². The molecular formula is C25H27ClN6O4. The van der Waals surface area contributed by atoms with E-state index in [0.29, 0.717) is 37.9 Å². The Morgan fingerprint density at radius 3 is 2.44 bits per heavy atom. The molecule has 5 rings (SSSR count). The Hall–Kier alpha value is -3.60. The van der Waals surface area contributed by atoms with Crippen LogP contribution in [0.15, 0.2) is 65.4 Å². The van der Waals surface area contributed by atoms with Crippen LogP contribution in [0.5, 0.6) is 0 Å². The number of carbonyl (C=O) groups is 2. The first-order chi connectivity index (χ1) is 17.6. The molecular weight excluding hydrogens is 484 g/mol. The number of imide groups is 1. The van der Waals surface area contributed by atoms with Crippen LogP contribution in [0.1, 0.15) is 5.56 Å². The number of urea groups is 2. The minimum atomic E-state index is -0.738. The highest BCUT2D eigenvalue weighted by Crippen LogP contribution is 2.22. The van der Waals surface area contributed by atoms with Crippen LogP contribution < -0.4 is 10.6 Å². The minimum Gasteiger partial charge on any atom is -0.379 e. The number of anilines is 1. The quantitative estimate of drug-likeness (QED) is 0.476. The first-order valence-electron chi connectivity index (χ1n) is 11.8. The highest BCUT2D eigenvalue weighted by molar-refractivity contribution is 6.30. The zero-order valence-corrected chi connectivity index (χ0v) is 20.4. The van der Waals surface area contributed by atoms with Crippen molar-refractivity contribution in [1.82, 2.24) is 25.2 Å². The second-order valence-corrected chi connectivity index (χ2v) is 9.04. The number of halogens is 1. The number of nitrogens with zero attached hydrogens (tertiary/aromatic N) is 4. The van der Waals surface area contributed by atoms with Gasteiger partial charge in [-0.3, -0.25) is 15.1 Å². The number of rotatable bonds is 8. The Kier molecular flexibility index (Phi) is 7.36. The van der Waals surface area contributed by atoms with E-state index in [1.165, 1.54) is 11.2 Å². The highest BCUT2D eigenvalue weighted by atomic mass is 35.5. The van der Waals surface area contributed by atoms with Gasteiger partial charge in [-0.2, -0.15) is 0 Å². The van der Waals surface area contributed by atoms with Gasteiger partial charge in [0.05, 0.1) is 19.8 Å². The fourth-order valence-corrected chi connectivity index (χ4v) is 4.33. The molecule has 1 unspecified atom stereocenters. The first-order valence-corrected chi connectivity index (χ1v) is 12.2. The van der Waals surface area contributed by atoms with Gasteiger partial charge in [0, 0.05) is 48.5 Å². The zero-order valence-electron chi connectivity index (χ0n) is 19.6. The number of benzene rings is 2. The molecule has 0 spiro atoms. The third-order valence-corrected chi connectivity index (χ3v) is 6.48. The summed E-state index contributed by atoms with van der Waals surface area (Å²) >= 11 is 6.04. The summed E-state index contributed by atoms with van der Waals surface area (Å²) in [5.41, 5.74) is 3.25. The molecule has 188 valence electrons. The number of morpholine rings is 1. The summed E-state index contributed by atoms with van der Waals surface area (Å²) < 4.78 is 10.3. The van der Waals surface area contributed by atoms with E-state index >= 15 is 0 Å². The standard InChI is InChI=1S/C25H27ClN6O4/c26-20-5-1-18(2-6-20)17-32-23(27-21-7-3-19(4-8-21)22-9-14-36-29-22)28-24(33)31(25(32)34)11-10-30-12-15-35-16-13-30/h1-9,14,23,27H,10-13,15-17H2,(H,28,33). The second kappa shape index (κ2) is 11.0. The lowest BCUT2D eigenvalue weighted by molar-refractivity contribution is 0.0337. The fraction of sp³-hybridized carbons (Fsp3) is 0.320. The van der Waals surface area contributed by atoms with Crippen LogP contribution >= 0.6 is 11.6 Å². The van der Waals surface area contributed by atoms with Gasteiger partial charge in [-0.25, -0.2) is 14.5 Å². The predicted molar refractivity (Wildman–Crippen MR) is 134 cm³/mol. The molecule has 2 aliphatic rings. The second-order valence-electron chi connectivity index (χ2n) is 8.60. The summed E-state index contributed by atoms with van der Waals surface area (Å²) in [4.78, 5) is 31.6. The van der Waals surface area contributed by atoms with E-state index in [4.69, 9.17) is 20.9 Å². The van der Waals surface area contributed by atoms with Crippen molar-refractivity contribution in [2.45, 2.75) is 12.8 Å². The maximum absolute atomic E-state index is 13.6. The van der Waals surface area contributed by atoms with Crippen molar-refractivity contribution in [2.75, 3.05) is 44.7 Å². The van der Waals surface area contributed by atoms with Gasteiger partial charge in [0.25, 0.3) is 0 Å². The lowest BCUT2D eigenvalue weighted by atomic mass is 10.1. The molecule has 4 amide bonds. The van der Waals surface area contributed by atoms with Crippen molar-refractivity contribution in [1.29, 1.82) is 0 Å². The summed E-state index contributed by atoms with van der Waals surface area (Å²) in [6.45, 7) is 4.06. The van der Waals surface area contributed by atoms with Gasteiger partial charge in [0.1, 0.15) is 12.0 Å². The third-order valence-electron chi connectivity index (χ3n) is 6.23. The van der Waals surface area contributed by atoms with Crippen LogP contribution in [0, 0.1) is 0 Å². The molecule has 0 saturated carbocycles. The lowest BCUT2D eigenvalue weighted by Crippen LogP contribution is -2.67. The molecule has 2 N–H and O–H groups in total. The SMILES string of the molecule is O=C1NC(Nc2ccc(-c3ccon3)cc2)N(Cc2ccc(Cl)cc2)C(=O)N1CCN1CCOCC1. The minimum absolute atomic E-state index is 0.291. The van der Waals surface area contributed by atoms with Gasteiger partial charge < -0.3 is 14.6 Å². The average Bonchev–Trinajstić information content (AvgIpc) is 3.44. The Bertz CT molecular complexity index is 1170. The van der Waals surface area contributed by atoms with E-state index in [9.17, 15) is 9.59 Å². The molecule has 11 heteroatoms. The van der Waals surface area contributed by atoms with Crippen LogP contribution in [0.25, 0.3) is 11.3 Å². The monoisotopic (exact) mass is 510 g/mol. The maximum atomic E-state index is 13.6. The maximum Gasteiger partial charge on any atom is 0.331 e. The Morgan fingerprint density at radius 2 is 1.75 bits per heavy atom. The van der Waals surface area contributed by atoms with Crippen molar-refractivity contribution >= 4 is 29.4 Å². The van der Waals surface area contributed by atoms with Crippen molar-refractivity contribution in [3.8, 4) is 11.3 Å². The van der Waals surface area contributed by atoms with Gasteiger partial charge in [-0.1, -0.05) is 41.0 Å². The summed E-state index contributed by atoms with van der Waals surface area (Å²) in [6, 6.07) is 15.8. The number of ether oxygens (including phenoxy) is 1.